The third kappa shape index (κ3) is 4.13. The molecule has 2 unspecified atom stereocenters. The van der Waals surface area contributed by atoms with Gasteiger partial charge in [0.25, 0.3) is 0 Å². The highest BCUT2D eigenvalue weighted by atomic mass is 19.3. The number of hydrogen-bond donors (Lipinski definition) is 2. The zero-order chi connectivity index (χ0) is 14.4. The summed E-state index contributed by atoms with van der Waals surface area (Å²) in [4.78, 5) is 0. The zero-order valence-corrected chi connectivity index (χ0v) is 11.1. The monoisotopic (exact) mass is 287 g/mol. The summed E-state index contributed by atoms with van der Waals surface area (Å²) in [6.07, 6.45) is 2.12. The number of hydrogen-bond acceptors (Lipinski definition) is 4. The first-order valence-corrected chi connectivity index (χ1v) is 6.70. The molecule has 0 aliphatic carbocycles. The number of ether oxygens (including phenoxy) is 2. The standard InChI is InChI=1S/C14H19F2NO3/c15-14(16)20-13-6-2-1-5-11(13)12(9-18)17-8-10-4-3-7-19-10/h1-2,5-6,10,12,14,17-18H,3-4,7-9H2. The number of alkyl halides is 2. The fourth-order valence-electron chi connectivity index (χ4n) is 2.32. The molecule has 2 rings (SSSR count). The number of benzene rings is 1. The van der Waals surface area contributed by atoms with Crippen LogP contribution in [-0.2, 0) is 4.74 Å². The minimum absolute atomic E-state index is 0.0846. The van der Waals surface area contributed by atoms with Crippen LogP contribution in [0.3, 0.4) is 0 Å². The molecule has 2 N–H and O–H groups in total. The molecule has 2 atom stereocenters. The summed E-state index contributed by atoms with van der Waals surface area (Å²) in [6, 6.07) is 6.04. The Bertz CT molecular complexity index is 411. The summed E-state index contributed by atoms with van der Waals surface area (Å²) >= 11 is 0. The van der Waals surface area contributed by atoms with E-state index in [0.717, 1.165) is 19.4 Å². The van der Waals surface area contributed by atoms with Crippen molar-refractivity contribution in [2.45, 2.75) is 31.6 Å². The predicted molar refractivity (Wildman–Crippen MR) is 69.9 cm³/mol. The summed E-state index contributed by atoms with van der Waals surface area (Å²) in [5.41, 5.74) is 0.522. The van der Waals surface area contributed by atoms with Gasteiger partial charge in [-0.3, -0.25) is 0 Å². The molecule has 1 aromatic carbocycles. The summed E-state index contributed by atoms with van der Waals surface area (Å²) in [5.74, 6) is 0.0846. The molecule has 20 heavy (non-hydrogen) atoms. The first-order chi connectivity index (χ1) is 9.70. The Labute approximate surface area is 116 Å². The molecule has 112 valence electrons. The molecule has 0 aromatic heterocycles. The van der Waals surface area contributed by atoms with Gasteiger partial charge in [-0.05, 0) is 18.9 Å². The molecular weight excluding hydrogens is 268 g/mol. The van der Waals surface area contributed by atoms with Crippen LogP contribution in [0.2, 0.25) is 0 Å². The molecule has 1 heterocycles. The second kappa shape index (κ2) is 7.52. The fourth-order valence-corrected chi connectivity index (χ4v) is 2.32. The van der Waals surface area contributed by atoms with Crippen molar-refractivity contribution < 1.29 is 23.4 Å². The lowest BCUT2D eigenvalue weighted by molar-refractivity contribution is -0.0509. The summed E-state index contributed by atoms with van der Waals surface area (Å²) < 4.78 is 34.7. The summed E-state index contributed by atoms with van der Waals surface area (Å²) in [7, 11) is 0. The van der Waals surface area contributed by atoms with Crippen molar-refractivity contribution in [2.24, 2.45) is 0 Å². The number of rotatable bonds is 7. The molecule has 0 radical (unpaired) electrons. The van der Waals surface area contributed by atoms with Gasteiger partial charge in [-0.15, -0.1) is 0 Å². The molecule has 1 saturated heterocycles. The number of halogens is 2. The second-order valence-corrected chi connectivity index (χ2v) is 4.69. The molecule has 4 nitrogen and oxygen atoms in total. The van der Waals surface area contributed by atoms with Crippen molar-refractivity contribution in [3.8, 4) is 5.75 Å². The van der Waals surface area contributed by atoms with E-state index < -0.39 is 12.7 Å². The van der Waals surface area contributed by atoms with E-state index in [1.54, 1.807) is 18.2 Å². The van der Waals surface area contributed by atoms with Crippen molar-refractivity contribution >= 4 is 0 Å². The molecule has 0 amide bonds. The number of para-hydroxylation sites is 1. The van der Waals surface area contributed by atoms with Crippen molar-refractivity contribution in [1.82, 2.24) is 5.32 Å². The van der Waals surface area contributed by atoms with E-state index in [1.165, 1.54) is 6.07 Å². The Morgan fingerprint density at radius 3 is 2.85 bits per heavy atom. The van der Waals surface area contributed by atoms with Gasteiger partial charge in [-0.25, -0.2) is 0 Å². The quantitative estimate of drug-likeness (QED) is 0.806. The molecule has 6 heteroatoms. The molecular formula is C14H19F2NO3. The smallest absolute Gasteiger partial charge is 0.387 e. The molecule has 0 bridgehead atoms. The van der Waals surface area contributed by atoms with Gasteiger partial charge in [0.05, 0.1) is 18.8 Å². The number of aliphatic hydroxyl groups is 1. The van der Waals surface area contributed by atoms with Crippen molar-refractivity contribution in [3.05, 3.63) is 29.8 Å². The van der Waals surface area contributed by atoms with Gasteiger partial charge in [0, 0.05) is 18.7 Å². The molecule has 0 saturated carbocycles. The van der Waals surface area contributed by atoms with E-state index in [2.05, 4.69) is 10.1 Å². The normalized spacial score (nSPS) is 20.3. The highest BCUT2D eigenvalue weighted by Gasteiger charge is 2.20. The first kappa shape index (κ1) is 15.2. The first-order valence-electron chi connectivity index (χ1n) is 6.70. The Balaban J connectivity index is 2.01. The Morgan fingerprint density at radius 1 is 1.40 bits per heavy atom. The van der Waals surface area contributed by atoms with Crippen molar-refractivity contribution in [1.29, 1.82) is 0 Å². The van der Waals surface area contributed by atoms with E-state index in [0.29, 0.717) is 12.1 Å². The molecule has 1 aromatic rings. The average Bonchev–Trinajstić information content (AvgIpc) is 2.94. The van der Waals surface area contributed by atoms with Crippen LogP contribution >= 0.6 is 0 Å². The van der Waals surface area contributed by atoms with Crippen molar-refractivity contribution in [2.75, 3.05) is 19.8 Å². The van der Waals surface area contributed by atoms with E-state index in [9.17, 15) is 13.9 Å². The van der Waals surface area contributed by atoms with Crippen molar-refractivity contribution in [3.63, 3.8) is 0 Å². The van der Waals surface area contributed by atoms with Crippen LogP contribution in [0.5, 0.6) is 5.75 Å². The van der Waals surface area contributed by atoms with Crippen LogP contribution in [0, 0.1) is 0 Å². The minimum Gasteiger partial charge on any atom is -0.434 e. The largest absolute Gasteiger partial charge is 0.434 e. The van der Waals surface area contributed by atoms with Gasteiger partial charge in [0.1, 0.15) is 5.75 Å². The maximum absolute atomic E-state index is 12.4. The second-order valence-electron chi connectivity index (χ2n) is 4.69. The van der Waals surface area contributed by atoms with Gasteiger partial charge in [-0.1, -0.05) is 18.2 Å². The number of nitrogens with one attached hydrogen (secondary N) is 1. The Kier molecular flexibility index (Phi) is 5.70. The lowest BCUT2D eigenvalue weighted by Crippen LogP contribution is -2.32. The molecule has 1 fully saturated rings. The maximum atomic E-state index is 12.4. The fraction of sp³-hybridized carbons (Fsp3) is 0.571. The van der Waals surface area contributed by atoms with E-state index in [1.807, 2.05) is 0 Å². The lowest BCUT2D eigenvalue weighted by atomic mass is 10.1. The Hall–Kier alpha value is -1.24. The molecule has 1 aliphatic rings. The van der Waals surface area contributed by atoms with Crippen LogP contribution in [0.4, 0.5) is 8.78 Å². The maximum Gasteiger partial charge on any atom is 0.387 e. The number of aliphatic hydroxyl groups excluding tert-OH is 1. The summed E-state index contributed by atoms with van der Waals surface area (Å²) in [5, 5.41) is 12.6. The third-order valence-corrected chi connectivity index (χ3v) is 3.31. The van der Waals surface area contributed by atoms with E-state index in [4.69, 9.17) is 4.74 Å². The topological polar surface area (TPSA) is 50.7 Å². The van der Waals surface area contributed by atoms with Crippen LogP contribution in [-0.4, -0.2) is 37.6 Å². The highest BCUT2D eigenvalue weighted by molar-refractivity contribution is 5.36. The van der Waals surface area contributed by atoms with Crippen LogP contribution in [0.15, 0.2) is 24.3 Å². The molecule has 1 aliphatic heterocycles. The zero-order valence-electron chi connectivity index (χ0n) is 11.1. The van der Waals surface area contributed by atoms with Gasteiger partial charge >= 0.3 is 6.61 Å². The van der Waals surface area contributed by atoms with Gasteiger partial charge in [0.15, 0.2) is 0 Å². The summed E-state index contributed by atoms with van der Waals surface area (Å²) in [6.45, 7) is -1.75. The van der Waals surface area contributed by atoms with Crippen LogP contribution in [0.25, 0.3) is 0 Å². The van der Waals surface area contributed by atoms with E-state index in [-0.39, 0.29) is 18.5 Å². The third-order valence-electron chi connectivity index (χ3n) is 3.31. The van der Waals surface area contributed by atoms with Crippen LogP contribution < -0.4 is 10.1 Å². The van der Waals surface area contributed by atoms with Gasteiger partial charge < -0.3 is 19.9 Å². The lowest BCUT2D eigenvalue weighted by Gasteiger charge is -2.21. The molecule has 0 spiro atoms. The minimum atomic E-state index is -2.88. The van der Waals surface area contributed by atoms with Gasteiger partial charge in [0.2, 0.25) is 0 Å². The Morgan fingerprint density at radius 2 is 2.20 bits per heavy atom. The SMILES string of the molecule is OCC(NCC1CCCO1)c1ccccc1OC(F)F. The predicted octanol–water partition coefficient (Wildman–Crippen LogP) is 2.09. The van der Waals surface area contributed by atoms with E-state index >= 15 is 0 Å². The van der Waals surface area contributed by atoms with Gasteiger partial charge in [-0.2, -0.15) is 8.78 Å². The highest BCUT2D eigenvalue weighted by Crippen LogP contribution is 2.26. The van der Waals surface area contributed by atoms with Crippen LogP contribution in [0.1, 0.15) is 24.4 Å². The average molecular weight is 287 g/mol.